The van der Waals surface area contributed by atoms with Gasteiger partial charge in [-0.3, -0.25) is 0 Å². The molecule has 12 heavy (non-hydrogen) atoms. The minimum atomic E-state index is 0.301. The molecule has 1 aliphatic heterocycles. The van der Waals surface area contributed by atoms with Gasteiger partial charge in [-0.2, -0.15) is 0 Å². The fraction of sp³-hybridized carbons (Fsp3) is 0.625. The summed E-state index contributed by atoms with van der Waals surface area (Å²) in [5, 5.41) is 0. The number of hydrogen-bond acceptors (Lipinski definition) is 2. The molecule has 0 bridgehead atoms. The molecule has 0 radical (unpaired) electrons. The first-order chi connectivity index (χ1) is 5.68. The number of hydrogen-bond donors (Lipinski definition) is 1. The number of nitrogens with zero attached hydrogens (tertiary/aromatic N) is 2. The second kappa shape index (κ2) is 2.99. The quantitative estimate of drug-likeness (QED) is 0.727. The molecule has 2 atom stereocenters. The van der Waals surface area contributed by atoms with Gasteiger partial charge >= 0.3 is 0 Å². The van der Waals surface area contributed by atoms with Crippen LogP contribution < -0.4 is 5.73 Å². The Morgan fingerprint density at radius 1 is 1.75 bits per heavy atom. The maximum absolute atomic E-state index is 5.92. The van der Waals surface area contributed by atoms with Crippen molar-refractivity contribution in [1.82, 2.24) is 9.55 Å². The Balaban J connectivity index is 2.43. The van der Waals surface area contributed by atoms with Gasteiger partial charge in [-0.15, -0.1) is 0 Å². The molecule has 2 heterocycles. The normalized spacial score (nSPS) is 28.6. The van der Waals surface area contributed by atoms with Gasteiger partial charge in [0.15, 0.2) is 0 Å². The monoisotopic (exact) mass is 277 g/mol. The van der Waals surface area contributed by atoms with Gasteiger partial charge in [-0.05, 0) is 29.0 Å². The van der Waals surface area contributed by atoms with Crippen LogP contribution in [0.4, 0.5) is 0 Å². The van der Waals surface area contributed by atoms with Crippen molar-refractivity contribution in [2.45, 2.75) is 31.8 Å². The van der Waals surface area contributed by atoms with Crippen molar-refractivity contribution in [3.05, 3.63) is 15.7 Å². The molecule has 0 spiro atoms. The van der Waals surface area contributed by atoms with Gasteiger partial charge in [-0.1, -0.05) is 6.92 Å². The van der Waals surface area contributed by atoms with Crippen LogP contribution in [0.5, 0.6) is 0 Å². The van der Waals surface area contributed by atoms with Gasteiger partial charge in [0.1, 0.15) is 5.82 Å². The summed E-state index contributed by atoms with van der Waals surface area (Å²) in [7, 11) is 0. The molecular formula is C8H12IN3. The van der Waals surface area contributed by atoms with Crippen LogP contribution in [0.15, 0.2) is 6.20 Å². The Hall–Kier alpha value is -0.100. The predicted molar refractivity (Wildman–Crippen MR) is 56.0 cm³/mol. The molecule has 0 fully saturated rings. The first-order valence-corrected chi connectivity index (χ1v) is 5.23. The predicted octanol–water partition coefficient (Wildman–Crippen LogP) is 1.32. The van der Waals surface area contributed by atoms with E-state index in [1.807, 2.05) is 6.20 Å². The van der Waals surface area contributed by atoms with Crippen LogP contribution in [-0.4, -0.2) is 15.6 Å². The number of aromatic nitrogens is 2. The lowest BCUT2D eigenvalue weighted by atomic mass is 9.98. The van der Waals surface area contributed by atoms with Gasteiger partial charge < -0.3 is 10.3 Å². The third-order valence-electron chi connectivity index (χ3n) is 2.35. The van der Waals surface area contributed by atoms with Crippen LogP contribution in [0, 0.1) is 3.70 Å². The lowest BCUT2D eigenvalue weighted by molar-refractivity contribution is 0.403. The molecule has 0 amide bonds. The van der Waals surface area contributed by atoms with Gasteiger partial charge in [0, 0.05) is 18.5 Å². The van der Waals surface area contributed by atoms with Gasteiger partial charge in [0.05, 0.1) is 9.90 Å². The van der Waals surface area contributed by atoms with E-state index in [-0.39, 0.29) is 0 Å². The van der Waals surface area contributed by atoms with Gasteiger partial charge in [0.25, 0.3) is 0 Å². The van der Waals surface area contributed by atoms with Crippen molar-refractivity contribution < 1.29 is 0 Å². The summed E-state index contributed by atoms with van der Waals surface area (Å²) in [5.41, 5.74) is 5.92. The maximum Gasteiger partial charge on any atom is 0.112 e. The van der Waals surface area contributed by atoms with Crippen molar-refractivity contribution in [2.24, 2.45) is 5.73 Å². The lowest BCUT2D eigenvalue weighted by Crippen LogP contribution is -2.34. The summed E-state index contributed by atoms with van der Waals surface area (Å²) in [6.45, 7) is 3.12. The molecule has 1 aromatic rings. The molecular weight excluding hydrogens is 265 g/mol. The molecule has 2 unspecified atom stereocenters. The van der Waals surface area contributed by atoms with E-state index in [0.717, 1.165) is 13.0 Å². The minimum absolute atomic E-state index is 0.301. The summed E-state index contributed by atoms with van der Waals surface area (Å²) >= 11 is 2.30. The van der Waals surface area contributed by atoms with E-state index < -0.39 is 0 Å². The molecule has 0 aromatic carbocycles. The molecule has 66 valence electrons. The molecule has 4 heteroatoms. The highest BCUT2D eigenvalue weighted by atomic mass is 127. The van der Waals surface area contributed by atoms with E-state index in [2.05, 4.69) is 39.1 Å². The number of imidazole rings is 1. The SMILES string of the molecule is CC1CC(N)Cn2c(I)cnc21. The zero-order valence-electron chi connectivity index (χ0n) is 7.00. The summed E-state index contributed by atoms with van der Waals surface area (Å²) in [6, 6.07) is 0.301. The largest absolute Gasteiger partial charge is 0.326 e. The molecule has 0 aliphatic carbocycles. The zero-order valence-corrected chi connectivity index (χ0v) is 9.15. The minimum Gasteiger partial charge on any atom is -0.326 e. The van der Waals surface area contributed by atoms with E-state index in [4.69, 9.17) is 5.73 Å². The molecule has 0 saturated carbocycles. The first kappa shape index (κ1) is 8.50. The fourth-order valence-electron chi connectivity index (χ4n) is 1.81. The number of rotatable bonds is 0. The summed E-state index contributed by atoms with van der Waals surface area (Å²) in [6.07, 6.45) is 2.98. The van der Waals surface area contributed by atoms with Crippen LogP contribution in [0.3, 0.4) is 0 Å². The van der Waals surface area contributed by atoms with E-state index in [9.17, 15) is 0 Å². The number of halogens is 1. The molecule has 2 N–H and O–H groups in total. The maximum atomic E-state index is 5.92. The topological polar surface area (TPSA) is 43.8 Å². The Labute approximate surface area is 85.5 Å². The Morgan fingerprint density at radius 2 is 2.50 bits per heavy atom. The van der Waals surface area contributed by atoms with Crippen molar-refractivity contribution in [3.8, 4) is 0 Å². The highest BCUT2D eigenvalue weighted by Crippen LogP contribution is 2.26. The van der Waals surface area contributed by atoms with Crippen LogP contribution in [0.2, 0.25) is 0 Å². The fourth-order valence-corrected chi connectivity index (χ4v) is 2.39. The van der Waals surface area contributed by atoms with E-state index in [1.165, 1.54) is 9.53 Å². The Bertz CT molecular complexity index is 294. The zero-order chi connectivity index (χ0) is 8.72. The van der Waals surface area contributed by atoms with Crippen molar-refractivity contribution >= 4 is 22.6 Å². The molecule has 3 nitrogen and oxygen atoms in total. The van der Waals surface area contributed by atoms with Crippen LogP contribution in [-0.2, 0) is 6.54 Å². The summed E-state index contributed by atoms with van der Waals surface area (Å²) in [5.74, 6) is 1.71. The Kier molecular flexibility index (Phi) is 2.12. The van der Waals surface area contributed by atoms with Gasteiger partial charge in [0.2, 0.25) is 0 Å². The number of fused-ring (bicyclic) bond motifs is 1. The average Bonchev–Trinajstić information content (AvgIpc) is 2.33. The van der Waals surface area contributed by atoms with Crippen molar-refractivity contribution in [3.63, 3.8) is 0 Å². The molecule has 1 aromatic heterocycles. The smallest absolute Gasteiger partial charge is 0.112 e. The third kappa shape index (κ3) is 1.26. The first-order valence-electron chi connectivity index (χ1n) is 4.15. The number of nitrogens with two attached hydrogens (primary N) is 1. The van der Waals surface area contributed by atoms with Crippen LogP contribution >= 0.6 is 22.6 Å². The van der Waals surface area contributed by atoms with E-state index >= 15 is 0 Å². The third-order valence-corrected chi connectivity index (χ3v) is 3.21. The van der Waals surface area contributed by atoms with Crippen LogP contribution in [0.1, 0.15) is 25.1 Å². The molecule has 2 rings (SSSR count). The Morgan fingerprint density at radius 3 is 3.25 bits per heavy atom. The highest BCUT2D eigenvalue weighted by molar-refractivity contribution is 14.1. The lowest BCUT2D eigenvalue weighted by Gasteiger charge is -2.25. The average molecular weight is 277 g/mol. The van der Waals surface area contributed by atoms with Crippen molar-refractivity contribution in [1.29, 1.82) is 0 Å². The molecule has 1 aliphatic rings. The molecule has 0 saturated heterocycles. The second-order valence-electron chi connectivity index (χ2n) is 3.45. The highest BCUT2D eigenvalue weighted by Gasteiger charge is 2.23. The summed E-state index contributed by atoms with van der Waals surface area (Å²) < 4.78 is 3.42. The second-order valence-corrected chi connectivity index (χ2v) is 4.55. The van der Waals surface area contributed by atoms with Gasteiger partial charge in [-0.25, -0.2) is 4.98 Å². The van der Waals surface area contributed by atoms with E-state index in [1.54, 1.807) is 0 Å². The van der Waals surface area contributed by atoms with Crippen molar-refractivity contribution in [2.75, 3.05) is 0 Å². The van der Waals surface area contributed by atoms with Crippen LogP contribution in [0.25, 0.3) is 0 Å². The standard InChI is InChI=1S/C8H12IN3/c1-5-2-6(10)4-12-7(9)3-11-8(5)12/h3,5-6H,2,4,10H2,1H3. The summed E-state index contributed by atoms with van der Waals surface area (Å²) in [4.78, 5) is 4.37. The van der Waals surface area contributed by atoms with E-state index in [0.29, 0.717) is 12.0 Å².